The van der Waals surface area contributed by atoms with E-state index in [1.807, 2.05) is 6.92 Å². The molecule has 1 aliphatic rings. The lowest BCUT2D eigenvalue weighted by Crippen LogP contribution is -2.22. The summed E-state index contributed by atoms with van der Waals surface area (Å²) in [6.45, 7) is 3.79. The number of aryl methyl sites for hydroxylation is 2. The van der Waals surface area contributed by atoms with Gasteiger partial charge in [-0.05, 0) is 30.9 Å². The van der Waals surface area contributed by atoms with Crippen molar-refractivity contribution in [3.8, 4) is 0 Å². The van der Waals surface area contributed by atoms with Gasteiger partial charge < -0.3 is 4.90 Å². The molecule has 2 heterocycles. The molecule has 4 heteroatoms. The molecule has 98 valence electrons. The highest BCUT2D eigenvalue weighted by Gasteiger charge is 2.18. The number of rotatable bonds is 2. The molecule has 2 aromatic rings. The third-order valence-corrected chi connectivity index (χ3v) is 4.70. The second kappa shape index (κ2) is 5.13. The van der Waals surface area contributed by atoms with Gasteiger partial charge in [0, 0.05) is 13.1 Å². The second-order valence-corrected chi connectivity index (χ2v) is 5.87. The van der Waals surface area contributed by atoms with Crippen molar-refractivity contribution in [3.05, 3.63) is 46.0 Å². The van der Waals surface area contributed by atoms with Gasteiger partial charge in [0.05, 0.1) is 10.6 Å². The van der Waals surface area contributed by atoms with Gasteiger partial charge in [-0.25, -0.2) is 4.98 Å². The topological polar surface area (TPSA) is 33.2 Å². The summed E-state index contributed by atoms with van der Waals surface area (Å²) in [7, 11) is 0. The number of aldehydes is 1. The Hall–Kier alpha value is -1.68. The number of carbonyl (C=O) groups excluding carboxylic acids is 1. The normalized spacial score (nSPS) is 14.9. The van der Waals surface area contributed by atoms with E-state index >= 15 is 0 Å². The van der Waals surface area contributed by atoms with Crippen molar-refractivity contribution in [2.24, 2.45) is 0 Å². The van der Waals surface area contributed by atoms with E-state index in [9.17, 15) is 4.79 Å². The smallest absolute Gasteiger partial charge is 0.186 e. The molecule has 0 radical (unpaired) electrons. The van der Waals surface area contributed by atoms with Gasteiger partial charge in [-0.1, -0.05) is 35.6 Å². The molecule has 1 aliphatic heterocycles. The van der Waals surface area contributed by atoms with Gasteiger partial charge in [0.15, 0.2) is 11.4 Å². The van der Waals surface area contributed by atoms with Gasteiger partial charge in [0.1, 0.15) is 0 Å². The Morgan fingerprint density at radius 1 is 1.32 bits per heavy atom. The molecule has 0 atom stereocenters. The summed E-state index contributed by atoms with van der Waals surface area (Å²) in [4.78, 5) is 18.5. The minimum atomic E-state index is 0.743. The summed E-state index contributed by atoms with van der Waals surface area (Å²) in [6, 6.07) is 8.59. The second-order valence-electron chi connectivity index (χ2n) is 4.86. The van der Waals surface area contributed by atoms with Crippen LogP contribution in [0.1, 0.15) is 32.9 Å². The SMILES string of the molecule is Cc1nc(N2CCCc3ccccc3C2)sc1C=O. The van der Waals surface area contributed by atoms with E-state index in [0.29, 0.717) is 0 Å². The molecule has 0 unspecified atom stereocenters. The molecular formula is C15H16N2OS. The summed E-state index contributed by atoms with van der Waals surface area (Å²) < 4.78 is 0. The van der Waals surface area contributed by atoms with Gasteiger partial charge >= 0.3 is 0 Å². The largest absolute Gasteiger partial charge is 0.344 e. The highest BCUT2D eigenvalue weighted by molar-refractivity contribution is 7.17. The third kappa shape index (κ3) is 2.40. The van der Waals surface area contributed by atoms with Gasteiger partial charge in [0.2, 0.25) is 0 Å². The van der Waals surface area contributed by atoms with E-state index in [2.05, 4.69) is 34.1 Å². The van der Waals surface area contributed by atoms with E-state index in [0.717, 1.165) is 47.9 Å². The van der Waals surface area contributed by atoms with Crippen LogP contribution in [-0.4, -0.2) is 17.8 Å². The first-order valence-electron chi connectivity index (χ1n) is 6.52. The molecule has 1 aromatic heterocycles. The molecular weight excluding hydrogens is 256 g/mol. The Balaban J connectivity index is 1.91. The lowest BCUT2D eigenvalue weighted by atomic mass is 10.0. The Morgan fingerprint density at radius 2 is 2.11 bits per heavy atom. The number of fused-ring (bicyclic) bond motifs is 1. The minimum absolute atomic E-state index is 0.743. The maximum atomic E-state index is 10.9. The molecule has 3 nitrogen and oxygen atoms in total. The summed E-state index contributed by atoms with van der Waals surface area (Å²) in [5.74, 6) is 0. The summed E-state index contributed by atoms with van der Waals surface area (Å²) in [5.41, 5.74) is 3.65. The number of anilines is 1. The average molecular weight is 272 g/mol. The fourth-order valence-corrected chi connectivity index (χ4v) is 3.41. The Kier molecular flexibility index (Phi) is 3.34. The average Bonchev–Trinajstić information content (AvgIpc) is 2.68. The molecule has 0 amide bonds. The van der Waals surface area contributed by atoms with Crippen LogP contribution in [0, 0.1) is 6.92 Å². The molecule has 0 bridgehead atoms. The number of aromatic nitrogens is 1. The lowest BCUT2D eigenvalue weighted by molar-refractivity contribution is 0.112. The van der Waals surface area contributed by atoms with E-state index in [-0.39, 0.29) is 0 Å². The summed E-state index contributed by atoms with van der Waals surface area (Å²) in [5, 5.41) is 0.969. The quantitative estimate of drug-likeness (QED) is 0.787. The number of thiazole rings is 1. The summed E-state index contributed by atoms with van der Waals surface area (Å²) >= 11 is 1.50. The standard InChI is InChI=1S/C15H16N2OS/c1-11-14(10-18)19-15(16-11)17-8-4-7-12-5-2-3-6-13(12)9-17/h2-3,5-6,10H,4,7-9H2,1H3. The first kappa shape index (κ1) is 12.4. The first-order valence-corrected chi connectivity index (χ1v) is 7.34. The molecule has 3 rings (SSSR count). The zero-order valence-electron chi connectivity index (χ0n) is 10.9. The number of hydrogen-bond donors (Lipinski definition) is 0. The van der Waals surface area contributed by atoms with E-state index in [1.54, 1.807) is 0 Å². The van der Waals surface area contributed by atoms with Crippen molar-refractivity contribution in [1.82, 2.24) is 4.98 Å². The molecule has 0 spiro atoms. The molecule has 0 N–H and O–H groups in total. The predicted molar refractivity (Wildman–Crippen MR) is 78.1 cm³/mol. The van der Waals surface area contributed by atoms with E-state index < -0.39 is 0 Å². The zero-order valence-corrected chi connectivity index (χ0v) is 11.7. The maximum Gasteiger partial charge on any atom is 0.186 e. The Labute approximate surface area is 116 Å². The van der Waals surface area contributed by atoms with Crippen LogP contribution in [0.4, 0.5) is 5.13 Å². The van der Waals surface area contributed by atoms with Gasteiger partial charge in [0.25, 0.3) is 0 Å². The number of hydrogen-bond acceptors (Lipinski definition) is 4. The van der Waals surface area contributed by atoms with E-state index in [4.69, 9.17) is 0 Å². The third-order valence-electron chi connectivity index (χ3n) is 3.55. The van der Waals surface area contributed by atoms with Gasteiger partial charge in [-0.3, -0.25) is 4.79 Å². The van der Waals surface area contributed by atoms with Crippen LogP contribution in [-0.2, 0) is 13.0 Å². The van der Waals surface area contributed by atoms with Crippen LogP contribution in [0.2, 0.25) is 0 Å². The van der Waals surface area contributed by atoms with Gasteiger partial charge in [-0.2, -0.15) is 0 Å². The molecule has 0 saturated heterocycles. The van der Waals surface area contributed by atoms with Crippen molar-refractivity contribution in [1.29, 1.82) is 0 Å². The lowest BCUT2D eigenvalue weighted by Gasteiger charge is -2.19. The first-order chi connectivity index (χ1) is 9.28. The molecule has 0 aliphatic carbocycles. The number of benzene rings is 1. The zero-order chi connectivity index (χ0) is 13.2. The summed E-state index contributed by atoms with van der Waals surface area (Å²) in [6.07, 6.45) is 3.16. The van der Waals surface area contributed by atoms with Crippen LogP contribution < -0.4 is 4.90 Å². The van der Waals surface area contributed by atoms with Crippen molar-refractivity contribution < 1.29 is 4.79 Å². The van der Waals surface area contributed by atoms with Crippen LogP contribution in [0.5, 0.6) is 0 Å². The van der Waals surface area contributed by atoms with Crippen LogP contribution in [0.15, 0.2) is 24.3 Å². The fraction of sp³-hybridized carbons (Fsp3) is 0.333. The van der Waals surface area contributed by atoms with Crippen LogP contribution in [0.3, 0.4) is 0 Å². The van der Waals surface area contributed by atoms with Crippen molar-refractivity contribution >= 4 is 22.8 Å². The highest BCUT2D eigenvalue weighted by Crippen LogP contribution is 2.28. The minimum Gasteiger partial charge on any atom is -0.344 e. The number of nitrogens with zero attached hydrogens (tertiary/aromatic N) is 2. The molecule has 0 fully saturated rings. The molecule has 0 saturated carbocycles. The molecule has 1 aromatic carbocycles. The Bertz CT molecular complexity index is 606. The van der Waals surface area contributed by atoms with Crippen molar-refractivity contribution in [3.63, 3.8) is 0 Å². The predicted octanol–water partition coefficient (Wildman–Crippen LogP) is 3.22. The van der Waals surface area contributed by atoms with Crippen LogP contribution >= 0.6 is 11.3 Å². The van der Waals surface area contributed by atoms with Crippen LogP contribution in [0.25, 0.3) is 0 Å². The maximum absolute atomic E-state index is 10.9. The Morgan fingerprint density at radius 3 is 2.84 bits per heavy atom. The molecule has 19 heavy (non-hydrogen) atoms. The highest BCUT2D eigenvalue weighted by atomic mass is 32.1. The van der Waals surface area contributed by atoms with Gasteiger partial charge in [-0.15, -0.1) is 0 Å². The monoisotopic (exact) mass is 272 g/mol. The number of carbonyl (C=O) groups is 1. The van der Waals surface area contributed by atoms with Crippen molar-refractivity contribution in [2.45, 2.75) is 26.3 Å². The fourth-order valence-electron chi connectivity index (χ4n) is 2.50. The van der Waals surface area contributed by atoms with E-state index in [1.165, 1.54) is 22.5 Å². The van der Waals surface area contributed by atoms with Crippen molar-refractivity contribution in [2.75, 3.05) is 11.4 Å².